The van der Waals surface area contributed by atoms with Gasteiger partial charge in [0.2, 0.25) is 0 Å². The molecule has 0 aliphatic rings. The number of benzene rings is 3. The molecule has 0 fully saturated rings. The van der Waals surface area contributed by atoms with Crippen LogP contribution in [-0.4, -0.2) is 31.1 Å². The summed E-state index contributed by atoms with van der Waals surface area (Å²) in [6.07, 6.45) is -1.13. The number of carbonyl (C=O) groups excluding carboxylic acids is 1. The van der Waals surface area contributed by atoms with E-state index in [0.29, 0.717) is 5.69 Å². The minimum atomic E-state index is -4.20. The fourth-order valence-corrected chi connectivity index (χ4v) is 4.81. The van der Waals surface area contributed by atoms with Gasteiger partial charge in [0.25, 0.3) is 15.9 Å². The number of para-hydroxylation sites is 1. The van der Waals surface area contributed by atoms with E-state index in [-0.39, 0.29) is 16.1 Å². The van der Waals surface area contributed by atoms with E-state index in [0.717, 1.165) is 9.87 Å². The van der Waals surface area contributed by atoms with E-state index in [4.69, 9.17) is 0 Å². The third-order valence-corrected chi connectivity index (χ3v) is 6.69. The highest BCUT2D eigenvalue weighted by atomic mass is 32.2. The first-order valence-corrected chi connectivity index (χ1v) is 11.7. The second kappa shape index (κ2) is 9.07. The molecule has 0 heterocycles. The van der Waals surface area contributed by atoms with Crippen LogP contribution in [0.3, 0.4) is 0 Å². The molecule has 0 aliphatic heterocycles. The van der Waals surface area contributed by atoms with Gasteiger partial charge in [-0.2, -0.15) is 4.31 Å². The first kappa shape index (κ1) is 24.0. The molecule has 3 aromatic rings. The normalized spacial score (nSPS) is 11.6. The standard InChI is InChI=1S/C25H26N2O5S/c1-18-10-16-22(17-11-18)33(31,32)27(21-8-6-5-7-9-21)23(28)19-12-14-20(15-13-19)26(24(29)30)25(2,3)4/h5-17H,1-4H3,(H,29,30). The maximum absolute atomic E-state index is 13.5. The molecular weight excluding hydrogens is 440 g/mol. The van der Waals surface area contributed by atoms with E-state index in [9.17, 15) is 23.1 Å². The lowest BCUT2D eigenvalue weighted by molar-refractivity contribution is 0.101. The Morgan fingerprint density at radius 2 is 1.33 bits per heavy atom. The third kappa shape index (κ3) is 5.06. The van der Waals surface area contributed by atoms with Gasteiger partial charge in [-0.3, -0.25) is 9.69 Å². The van der Waals surface area contributed by atoms with Crippen LogP contribution in [0.25, 0.3) is 0 Å². The summed E-state index contributed by atoms with van der Waals surface area (Å²) in [6, 6.07) is 20.2. The van der Waals surface area contributed by atoms with Crippen LogP contribution in [0.2, 0.25) is 0 Å². The fourth-order valence-electron chi connectivity index (χ4n) is 3.40. The van der Waals surface area contributed by atoms with Gasteiger partial charge in [0.15, 0.2) is 0 Å². The number of rotatable bonds is 5. The quantitative estimate of drug-likeness (QED) is 0.550. The summed E-state index contributed by atoms with van der Waals surface area (Å²) >= 11 is 0. The molecule has 0 aliphatic carbocycles. The molecule has 3 rings (SSSR count). The van der Waals surface area contributed by atoms with Gasteiger partial charge in [-0.05, 0) is 76.2 Å². The van der Waals surface area contributed by atoms with Crippen molar-refractivity contribution in [1.29, 1.82) is 0 Å². The van der Waals surface area contributed by atoms with Crippen molar-refractivity contribution in [2.45, 2.75) is 38.1 Å². The molecule has 0 radical (unpaired) electrons. The smallest absolute Gasteiger partial charge is 0.412 e. The number of sulfonamides is 1. The van der Waals surface area contributed by atoms with Crippen molar-refractivity contribution in [2.75, 3.05) is 9.21 Å². The number of hydrogen-bond acceptors (Lipinski definition) is 4. The van der Waals surface area contributed by atoms with Gasteiger partial charge in [-0.1, -0.05) is 35.9 Å². The largest absolute Gasteiger partial charge is 0.465 e. The minimum absolute atomic E-state index is 0.00768. The van der Waals surface area contributed by atoms with E-state index in [1.54, 1.807) is 63.2 Å². The van der Waals surface area contributed by atoms with Crippen molar-refractivity contribution in [3.8, 4) is 0 Å². The number of carboxylic acid groups (broad SMARTS) is 1. The summed E-state index contributed by atoms with van der Waals surface area (Å²) in [5.41, 5.74) is 0.872. The molecule has 3 aromatic carbocycles. The molecule has 2 amide bonds. The summed E-state index contributed by atoms with van der Waals surface area (Å²) in [6.45, 7) is 7.11. The van der Waals surface area contributed by atoms with E-state index < -0.39 is 27.6 Å². The average molecular weight is 467 g/mol. The van der Waals surface area contributed by atoms with Crippen LogP contribution >= 0.6 is 0 Å². The van der Waals surface area contributed by atoms with Crippen molar-refractivity contribution in [3.05, 3.63) is 90.0 Å². The molecule has 0 atom stereocenters. The Morgan fingerprint density at radius 3 is 1.82 bits per heavy atom. The summed E-state index contributed by atoms with van der Waals surface area (Å²) < 4.78 is 27.7. The number of hydrogen-bond donors (Lipinski definition) is 1. The first-order chi connectivity index (χ1) is 15.4. The highest BCUT2D eigenvalue weighted by molar-refractivity contribution is 7.93. The Balaban J connectivity index is 2.06. The van der Waals surface area contributed by atoms with E-state index in [1.165, 1.54) is 41.3 Å². The Bertz CT molecular complexity index is 1250. The van der Waals surface area contributed by atoms with Crippen LogP contribution in [0.1, 0.15) is 36.7 Å². The molecule has 8 heteroatoms. The van der Waals surface area contributed by atoms with Crippen LogP contribution in [0, 0.1) is 6.92 Å². The lowest BCUT2D eigenvalue weighted by Gasteiger charge is -2.33. The molecule has 0 spiro atoms. The van der Waals surface area contributed by atoms with Crippen LogP contribution in [0.4, 0.5) is 16.2 Å². The van der Waals surface area contributed by atoms with Gasteiger partial charge in [0.05, 0.1) is 10.6 Å². The number of carbonyl (C=O) groups is 2. The van der Waals surface area contributed by atoms with Gasteiger partial charge in [-0.15, -0.1) is 0 Å². The monoisotopic (exact) mass is 466 g/mol. The molecule has 1 N–H and O–H groups in total. The predicted octanol–water partition coefficient (Wildman–Crippen LogP) is 5.31. The Morgan fingerprint density at radius 1 is 0.788 bits per heavy atom. The lowest BCUT2D eigenvalue weighted by Crippen LogP contribution is -2.45. The minimum Gasteiger partial charge on any atom is -0.465 e. The van der Waals surface area contributed by atoms with Crippen molar-refractivity contribution < 1.29 is 23.1 Å². The number of nitrogens with zero attached hydrogens (tertiary/aromatic N) is 2. The van der Waals surface area contributed by atoms with Crippen LogP contribution in [0.15, 0.2) is 83.8 Å². The van der Waals surface area contributed by atoms with Crippen molar-refractivity contribution >= 4 is 33.4 Å². The maximum Gasteiger partial charge on any atom is 0.412 e. The molecular formula is C25H26N2O5S. The van der Waals surface area contributed by atoms with Gasteiger partial charge in [0, 0.05) is 16.8 Å². The highest BCUT2D eigenvalue weighted by Gasteiger charge is 2.32. The van der Waals surface area contributed by atoms with Gasteiger partial charge < -0.3 is 5.11 Å². The van der Waals surface area contributed by atoms with Crippen molar-refractivity contribution in [1.82, 2.24) is 0 Å². The summed E-state index contributed by atoms with van der Waals surface area (Å²) in [5.74, 6) is -0.744. The zero-order chi connectivity index (χ0) is 24.4. The van der Waals surface area contributed by atoms with E-state index in [2.05, 4.69) is 0 Å². The first-order valence-electron chi connectivity index (χ1n) is 10.3. The molecule has 0 saturated heterocycles. The average Bonchev–Trinajstić information content (AvgIpc) is 2.74. The zero-order valence-corrected chi connectivity index (χ0v) is 19.7. The van der Waals surface area contributed by atoms with E-state index >= 15 is 0 Å². The topological polar surface area (TPSA) is 95.0 Å². The number of aryl methyl sites for hydroxylation is 1. The van der Waals surface area contributed by atoms with Gasteiger partial charge in [-0.25, -0.2) is 13.2 Å². The molecule has 0 bridgehead atoms. The second-order valence-electron chi connectivity index (χ2n) is 8.56. The van der Waals surface area contributed by atoms with Crippen molar-refractivity contribution in [3.63, 3.8) is 0 Å². The van der Waals surface area contributed by atoms with Crippen LogP contribution < -0.4 is 9.21 Å². The lowest BCUT2D eigenvalue weighted by atomic mass is 10.0. The molecule has 0 unspecified atom stereocenters. The van der Waals surface area contributed by atoms with Crippen LogP contribution in [0.5, 0.6) is 0 Å². The fraction of sp³-hybridized carbons (Fsp3) is 0.200. The molecule has 7 nitrogen and oxygen atoms in total. The molecule has 33 heavy (non-hydrogen) atoms. The highest BCUT2D eigenvalue weighted by Crippen LogP contribution is 2.28. The maximum atomic E-state index is 13.5. The Kier molecular flexibility index (Phi) is 6.60. The molecule has 172 valence electrons. The number of anilines is 2. The van der Waals surface area contributed by atoms with Crippen LogP contribution in [-0.2, 0) is 10.0 Å². The predicted molar refractivity (Wildman–Crippen MR) is 128 cm³/mol. The Labute approximate surface area is 193 Å². The third-order valence-electron chi connectivity index (χ3n) is 4.97. The summed E-state index contributed by atoms with van der Waals surface area (Å²) in [4.78, 5) is 26.4. The summed E-state index contributed by atoms with van der Waals surface area (Å²) in [7, 11) is -4.20. The second-order valence-corrected chi connectivity index (χ2v) is 10.3. The SMILES string of the molecule is Cc1ccc(S(=O)(=O)N(C(=O)c2ccc(N(C(=O)O)C(C)(C)C)cc2)c2ccccc2)cc1. The van der Waals surface area contributed by atoms with E-state index in [1.807, 2.05) is 6.92 Å². The van der Waals surface area contributed by atoms with Gasteiger partial charge in [0.1, 0.15) is 0 Å². The Hall–Kier alpha value is -3.65. The van der Waals surface area contributed by atoms with Gasteiger partial charge >= 0.3 is 6.09 Å². The number of amides is 2. The molecule has 0 aromatic heterocycles. The van der Waals surface area contributed by atoms with Crippen molar-refractivity contribution in [2.24, 2.45) is 0 Å². The molecule has 0 saturated carbocycles. The zero-order valence-electron chi connectivity index (χ0n) is 18.9. The summed E-state index contributed by atoms with van der Waals surface area (Å²) in [5, 5.41) is 9.60.